The Labute approximate surface area is 69.6 Å². The van der Waals surface area contributed by atoms with E-state index in [1.165, 1.54) is 25.7 Å². The molecule has 0 radical (unpaired) electrons. The van der Waals surface area contributed by atoms with Crippen molar-refractivity contribution in [2.24, 2.45) is 17.8 Å². The Balaban J connectivity index is 1.76. The summed E-state index contributed by atoms with van der Waals surface area (Å²) in [6.45, 7) is 2.38. The van der Waals surface area contributed by atoms with E-state index in [2.05, 4.69) is 19.3 Å². The van der Waals surface area contributed by atoms with Gasteiger partial charge >= 0.3 is 0 Å². The molecule has 0 saturated heterocycles. The van der Waals surface area contributed by atoms with Gasteiger partial charge < -0.3 is 5.32 Å². The normalized spacial score (nSPS) is 38.7. The molecule has 2 fully saturated rings. The van der Waals surface area contributed by atoms with Crippen LogP contribution in [0.25, 0.3) is 0 Å². The summed E-state index contributed by atoms with van der Waals surface area (Å²) in [5, 5.41) is 3.47. The zero-order chi connectivity index (χ0) is 7.84. The van der Waals surface area contributed by atoms with Crippen molar-refractivity contribution in [2.75, 3.05) is 7.05 Å². The topological polar surface area (TPSA) is 12.0 Å². The highest BCUT2D eigenvalue weighted by Crippen LogP contribution is 2.45. The first kappa shape index (κ1) is 7.60. The van der Waals surface area contributed by atoms with Gasteiger partial charge in [-0.2, -0.15) is 0 Å². The summed E-state index contributed by atoms with van der Waals surface area (Å²) in [4.78, 5) is 0. The summed E-state index contributed by atoms with van der Waals surface area (Å²) >= 11 is 0. The van der Waals surface area contributed by atoms with E-state index >= 15 is 0 Å². The minimum atomic E-state index is 0.845. The van der Waals surface area contributed by atoms with Gasteiger partial charge in [0, 0.05) is 6.04 Å². The molecule has 1 nitrogen and oxygen atoms in total. The van der Waals surface area contributed by atoms with Crippen LogP contribution in [0.15, 0.2) is 0 Å². The third kappa shape index (κ3) is 1.76. The van der Waals surface area contributed by atoms with Crippen LogP contribution in [0.4, 0.5) is 0 Å². The van der Waals surface area contributed by atoms with Crippen LogP contribution >= 0.6 is 0 Å². The minimum Gasteiger partial charge on any atom is -0.317 e. The predicted octanol–water partition coefficient (Wildman–Crippen LogP) is 2.03. The molecular formula is C10H19N. The molecule has 0 aromatic rings. The summed E-state index contributed by atoms with van der Waals surface area (Å²) in [6.07, 6.45) is 5.92. The molecule has 3 atom stereocenters. The molecular weight excluding hydrogens is 134 g/mol. The lowest BCUT2D eigenvalue weighted by Gasteiger charge is -2.14. The Bertz CT molecular complexity index is 140. The molecule has 1 heteroatoms. The molecule has 1 N–H and O–H groups in total. The van der Waals surface area contributed by atoms with Crippen LogP contribution < -0.4 is 5.32 Å². The molecule has 0 aromatic carbocycles. The minimum absolute atomic E-state index is 0.845. The Morgan fingerprint density at radius 1 is 1.45 bits per heavy atom. The van der Waals surface area contributed by atoms with Crippen LogP contribution in [0.5, 0.6) is 0 Å². The van der Waals surface area contributed by atoms with Crippen molar-refractivity contribution < 1.29 is 0 Å². The Morgan fingerprint density at radius 3 is 2.45 bits per heavy atom. The van der Waals surface area contributed by atoms with Gasteiger partial charge in [-0.3, -0.25) is 0 Å². The second-order valence-corrected chi connectivity index (χ2v) is 4.45. The van der Waals surface area contributed by atoms with Crippen LogP contribution in [0.2, 0.25) is 0 Å². The second-order valence-electron chi connectivity index (χ2n) is 4.45. The van der Waals surface area contributed by atoms with Crippen molar-refractivity contribution in [3.63, 3.8) is 0 Å². The lowest BCUT2D eigenvalue weighted by molar-refractivity contribution is 0.430. The Kier molecular flexibility index (Phi) is 1.92. The third-order valence-electron chi connectivity index (χ3n) is 3.34. The molecule has 2 rings (SSSR count). The molecule has 2 saturated carbocycles. The average Bonchev–Trinajstić information content (AvgIpc) is 2.82. The van der Waals surface area contributed by atoms with Gasteiger partial charge in [-0.05, 0) is 37.6 Å². The van der Waals surface area contributed by atoms with Crippen molar-refractivity contribution in [3.05, 3.63) is 0 Å². The molecule has 0 aliphatic heterocycles. The molecule has 64 valence electrons. The quantitative estimate of drug-likeness (QED) is 0.651. The number of hydrogen-bond acceptors (Lipinski definition) is 1. The van der Waals surface area contributed by atoms with Crippen molar-refractivity contribution in [1.29, 1.82) is 0 Å². The highest BCUT2D eigenvalue weighted by Gasteiger charge is 2.40. The highest BCUT2D eigenvalue weighted by molar-refractivity contribution is 4.94. The number of nitrogens with one attached hydrogen (secondary N) is 1. The first-order chi connectivity index (χ1) is 5.31. The largest absolute Gasteiger partial charge is 0.317 e. The first-order valence-electron chi connectivity index (χ1n) is 4.98. The lowest BCUT2D eigenvalue weighted by atomic mass is 10.0. The van der Waals surface area contributed by atoms with E-state index in [4.69, 9.17) is 0 Å². The molecule has 11 heavy (non-hydrogen) atoms. The highest BCUT2D eigenvalue weighted by atomic mass is 14.9. The molecule has 0 bridgehead atoms. The summed E-state index contributed by atoms with van der Waals surface area (Å²) in [7, 11) is 2.12. The summed E-state index contributed by atoms with van der Waals surface area (Å²) in [6, 6.07) is 0.845. The smallest absolute Gasteiger partial charge is 0.00976 e. The fourth-order valence-electron chi connectivity index (χ4n) is 2.13. The summed E-state index contributed by atoms with van der Waals surface area (Å²) < 4.78 is 0. The first-order valence-corrected chi connectivity index (χ1v) is 4.98. The molecule has 0 spiro atoms. The number of rotatable bonds is 4. The maximum Gasteiger partial charge on any atom is 0.00976 e. The van der Waals surface area contributed by atoms with E-state index < -0.39 is 0 Å². The van der Waals surface area contributed by atoms with Gasteiger partial charge in [0.1, 0.15) is 0 Å². The van der Waals surface area contributed by atoms with Crippen LogP contribution in [-0.4, -0.2) is 13.1 Å². The fourth-order valence-corrected chi connectivity index (χ4v) is 2.13. The van der Waals surface area contributed by atoms with Crippen LogP contribution in [0.3, 0.4) is 0 Å². The standard InChI is InChI=1S/C10H19N/c1-7-5-9(7)10(11-2)6-8-3-4-8/h7-11H,3-6H2,1-2H3. The van der Waals surface area contributed by atoms with Gasteiger partial charge in [0.25, 0.3) is 0 Å². The van der Waals surface area contributed by atoms with E-state index in [1.807, 2.05) is 0 Å². The monoisotopic (exact) mass is 153 g/mol. The molecule has 0 aromatic heterocycles. The van der Waals surface area contributed by atoms with E-state index in [0.29, 0.717) is 0 Å². The maximum atomic E-state index is 3.47. The van der Waals surface area contributed by atoms with Gasteiger partial charge in [0.05, 0.1) is 0 Å². The average molecular weight is 153 g/mol. The van der Waals surface area contributed by atoms with E-state index in [1.54, 1.807) is 0 Å². The van der Waals surface area contributed by atoms with Crippen LogP contribution in [0, 0.1) is 17.8 Å². The second kappa shape index (κ2) is 2.78. The molecule has 3 unspecified atom stereocenters. The van der Waals surface area contributed by atoms with E-state index in [0.717, 1.165) is 23.8 Å². The maximum absolute atomic E-state index is 3.47. The fraction of sp³-hybridized carbons (Fsp3) is 1.00. The lowest BCUT2D eigenvalue weighted by Crippen LogP contribution is -2.28. The molecule has 2 aliphatic rings. The molecule has 0 amide bonds. The van der Waals surface area contributed by atoms with Gasteiger partial charge in [0.2, 0.25) is 0 Å². The van der Waals surface area contributed by atoms with Gasteiger partial charge in [-0.25, -0.2) is 0 Å². The van der Waals surface area contributed by atoms with E-state index in [-0.39, 0.29) is 0 Å². The SMILES string of the molecule is CNC(CC1CC1)C1CC1C. The Morgan fingerprint density at radius 2 is 2.09 bits per heavy atom. The zero-order valence-electron chi connectivity index (χ0n) is 7.64. The van der Waals surface area contributed by atoms with Crippen LogP contribution in [0.1, 0.15) is 32.6 Å². The number of hydrogen-bond donors (Lipinski definition) is 1. The Hall–Kier alpha value is -0.0400. The summed E-state index contributed by atoms with van der Waals surface area (Å²) in [5.74, 6) is 3.10. The van der Waals surface area contributed by atoms with E-state index in [9.17, 15) is 0 Å². The van der Waals surface area contributed by atoms with Crippen molar-refractivity contribution in [1.82, 2.24) is 5.32 Å². The van der Waals surface area contributed by atoms with Gasteiger partial charge in [-0.15, -0.1) is 0 Å². The molecule has 2 aliphatic carbocycles. The molecule has 0 heterocycles. The van der Waals surface area contributed by atoms with Crippen LogP contribution in [-0.2, 0) is 0 Å². The summed E-state index contributed by atoms with van der Waals surface area (Å²) in [5.41, 5.74) is 0. The predicted molar refractivity (Wildman–Crippen MR) is 47.5 cm³/mol. The zero-order valence-corrected chi connectivity index (χ0v) is 7.64. The van der Waals surface area contributed by atoms with Gasteiger partial charge in [-0.1, -0.05) is 19.8 Å². The van der Waals surface area contributed by atoms with Crippen molar-refractivity contribution in [2.45, 2.75) is 38.6 Å². The van der Waals surface area contributed by atoms with Gasteiger partial charge in [0.15, 0.2) is 0 Å². The van der Waals surface area contributed by atoms with Crippen molar-refractivity contribution >= 4 is 0 Å². The van der Waals surface area contributed by atoms with Crippen molar-refractivity contribution in [3.8, 4) is 0 Å². The third-order valence-corrected chi connectivity index (χ3v) is 3.34.